The van der Waals surface area contributed by atoms with E-state index < -0.39 is 0 Å². The van der Waals surface area contributed by atoms with Crippen molar-refractivity contribution in [1.29, 1.82) is 0 Å². The summed E-state index contributed by atoms with van der Waals surface area (Å²) in [7, 11) is 0. The van der Waals surface area contributed by atoms with E-state index in [2.05, 4.69) is 20.5 Å². The fourth-order valence-corrected chi connectivity index (χ4v) is 3.19. The predicted molar refractivity (Wildman–Crippen MR) is 91.9 cm³/mol. The molecule has 0 fully saturated rings. The molecule has 1 N–H and O–H groups in total. The number of nitrogens with zero attached hydrogens (tertiary/aromatic N) is 3. The Kier molecular flexibility index (Phi) is 4.34. The van der Waals surface area contributed by atoms with Crippen LogP contribution in [-0.4, -0.2) is 27.6 Å². The lowest BCUT2D eigenvalue weighted by atomic mass is 10.1. The molecule has 0 aliphatic carbocycles. The molecule has 0 bridgehead atoms. The van der Waals surface area contributed by atoms with Gasteiger partial charge >= 0.3 is 0 Å². The lowest BCUT2D eigenvalue weighted by Crippen LogP contribution is -2.26. The Bertz CT molecular complexity index is 872. The number of amides is 1. The highest BCUT2D eigenvalue weighted by Gasteiger charge is 2.12. The first-order valence-electron chi connectivity index (χ1n) is 7.49. The van der Waals surface area contributed by atoms with E-state index in [9.17, 15) is 4.79 Å². The van der Waals surface area contributed by atoms with Crippen LogP contribution in [0.15, 0.2) is 24.3 Å². The van der Waals surface area contributed by atoms with E-state index in [0.717, 1.165) is 32.2 Å². The van der Waals surface area contributed by atoms with Gasteiger partial charge in [-0.3, -0.25) is 9.78 Å². The summed E-state index contributed by atoms with van der Waals surface area (Å²) >= 11 is 1.56. The maximum absolute atomic E-state index is 12.4. The van der Waals surface area contributed by atoms with Gasteiger partial charge in [0.25, 0.3) is 5.91 Å². The molecule has 3 rings (SSSR count). The molecule has 0 radical (unpaired) electrons. The first-order valence-corrected chi connectivity index (χ1v) is 8.30. The van der Waals surface area contributed by atoms with Gasteiger partial charge in [-0.25, -0.2) is 0 Å². The van der Waals surface area contributed by atoms with E-state index >= 15 is 0 Å². The molecule has 0 aliphatic heterocycles. The number of para-hydroxylation sites is 1. The zero-order valence-corrected chi connectivity index (χ0v) is 14.2. The normalized spacial score (nSPS) is 10.9. The third-order valence-corrected chi connectivity index (χ3v) is 4.57. The second-order valence-electron chi connectivity index (χ2n) is 5.49. The van der Waals surface area contributed by atoms with Crippen molar-refractivity contribution in [3.8, 4) is 0 Å². The topological polar surface area (TPSA) is 67.8 Å². The first-order chi connectivity index (χ1) is 11.0. The molecule has 3 aromatic rings. The number of benzene rings is 1. The number of pyridine rings is 1. The van der Waals surface area contributed by atoms with Crippen LogP contribution >= 0.6 is 11.3 Å². The fraction of sp³-hybridized carbons (Fsp3) is 0.294. The van der Waals surface area contributed by atoms with Crippen molar-refractivity contribution in [3.63, 3.8) is 0 Å². The number of carbonyl (C=O) groups excluding carboxylic acids is 1. The van der Waals surface area contributed by atoms with Gasteiger partial charge in [0.1, 0.15) is 10.0 Å². The second kappa shape index (κ2) is 6.42. The standard InChI is InChI=1S/C17H18N4OS/c1-10-5-4-6-13-9-14(11(2)19-16(10)13)17(22)18-8-7-15-21-20-12(3)23-15/h4-6,9H,7-8H2,1-3H3,(H,18,22). The Labute approximate surface area is 138 Å². The van der Waals surface area contributed by atoms with E-state index in [4.69, 9.17) is 0 Å². The monoisotopic (exact) mass is 326 g/mol. The fourth-order valence-electron chi connectivity index (χ4n) is 2.49. The van der Waals surface area contributed by atoms with Gasteiger partial charge in [-0.2, -0.15) is 0 Å². The van der Waals surface area contributed by atoms with Gasteiger partial charge in [0, 0.05) is 18.4 Å². The van der Waals surface area contributed by atoms with E-state index in [1.807, 2.05) is 45.0 Å². The minimum Gasteiger partial charge on any atom is -0.352 e. The molecule has 1 amide bonds. The molecule has 118 valence electrons. The molecule has 0 atom stereocenters. The summed E-state index contributed by atoms with van der Waals surface area (Å²) in [6.45, 7) is 6.36. The molecule has 0 saturated carbocycles. The molecule has 2 heterocycles. The Balaban J connectivity index is 1.74. The Morgan fingerprint density at radius 1 is 1.22 bits per heavy atom. The minimum absolute atomic E-state index is 0.0976. The summed E-state index contributed by atoms with van der Waals surface area (Å²) in [5, 5.41) is 13.8. The van der Waals surface area contributed by atoms with Crippen LogP contribution in [0, 0.1) is 20.8 Å². The SMILES string of the molecule is Cc1nnc(CCNC(=O)c2cc3cccc(C)c3nc2C)s1. The maximum Gasteiger partial charge on any atom is 0.253 e. The van der Waals surface area contributed by atoms with Crippen molar-refractivity contribution >= 4 is 28.1 Å². The highest BCUT2D eigenvalue weighted by Crippen LogP contribution is 2.19. The van der Waals surface area contributed by atoms with Gasteiger partial charge in [0.15, 0.2) is 0 Å². The number of aromatic nitrogens is 3. The largest absolute Gasteiger partial charge is 0.352 e. The first kappa shape index (κ1) is 15.6. The summed E-state index contributed by atoms with van der Waals surface area (Å²) in [4.78, 5) is 17.0. The summed E-state index contributed by atoms with van der Waals surface area (Å²) < 4.78 is 0. The summed E-state index contributed by atoms with van der Waals surface area (Å²) in [6.07, 6.45) is 0.691. The molecule has 2 aromatic heterocycles. The summed E-state index contributed by atoms with van der Waals surface area (Å²) in [6, 6.07) is 7.90. The number of fused-ring (bicyclic) bond motifs is 1. The number of nitrogens with one attached hydrogen (secondary N) is 1. The van der Waals surface area contributed by atoms with E-state index in [1.165, 1.54) is 0 Å². The zero-order chi connectivity index (χ0) is 16.4. The molecule has 0 unspecified atom stereocenters. The van der Waals surface area contributed by atoms with Crippen LogP contribution in [0.2, 0.25) is 0 Å². The Morgan fingerprint density at radius 2 is 2.04 bits per heavy atom. The minimum atomic E-state index is -0.0976. The van der Waals surface area contributed by atoms with Crippen LogP contribution in [-0.2, 0) is 6.42 Å². The second-order valence-corrected chi connectivity index (χ2v) is 6.75. The smallest absolute Gasteiger partial charge is 0.253 e. The number of hydrogen-bond donors (Lipinski definition) is 1. The Hall–Kier alpha value is -2.34. The summed E-state index contributed by atoms with van der Waals surface area (Å²) in [5.41, 5.74) is 3.43. The van der Waals surface area contributed by atoms with Crippen molar-refractivity contribution in [2.24, 2.45) is 0 Å². The number of hydrogen-bond acceptors (Lipinski definition) is 5. The van der Waals surface area contributed by atoms with Gasteiger partial charge < -0.3 is 5.32 Å². The molecular formula is C17H18N4OS. The highest BCUT2D eigenvalue weighted by atomic mass is 32.1. The van der Waals surface area contributed by atoms with Crippen LogP contribution in [0.4, 0.5) is 0 Å². The zero-order valence-electron chi connectivity index (χ0n) is 13.4. The molecule has 0 aliphatic rings. The van der Waals surface area contributed by atoms with Crippen LogP contribution in [0.5, 0.6) is 0 Å². The molecule has 23 heavy (non-hydrogen) atoms. The van der Waals surface area contributed by atoms with E-state index in [1.54, 1.807) is 11.3 Å². The molecule has 6 heteroatoms. The predicted octanol–water partition coefficient (Wildman–Crippen LogP) is 2.98. The number of carbonyl (C=O) groups is 1. The van der Waals surface area contributed by atoms with Gasteiger partial charge in [-0.05, 0) is 32.4 Å². The van der Waals surface area contributed by atoms with Crippen molar-refractivity contribution in [3.05, 3.63) is 51.1 Å². The third kappa shape index (κ3) is 3.37. The molecule has 0 spiro atoms. The van der Waals surface area contributed by atoms with Crippen molar-refractivity contribution in [1.82, 2.24) is 20.5 Å². The maximum atomic E-state index is 12.4. The van der Waals surface area contributed by atoms with Crippen LogP contribution in [0.3, 0.4) is 0 Å². The van der Waals surface area contributed by atoms with Crippen molar-refractivity contribution < 1.29 is 4.79 Å². The third-order valence-electron chi connectivity index (χ3n) is 3.68. The quantitative estimate of drug-likeness (QED) is 0.800. The highest BCUT2D eigenvalue weighted by molar-refractivity contribution is 7.11. The van der Waals surface area contributed by atoms with Crippen molar-refractivity contribution in [2.45, 2.75) is 27.2 Å². The lowest BCUT2D eigenvalue weighted by Gasteiger charge is -2.09. The van der Waals surface area contributed by atoms with Crippen LogP contribution < -0.4 is 5.32 Å². The summed E-state index contributed by atoms with van der Waals surface area (Å²) in [5.74, 6) is -0.0976. The van der Waals surface area contributed by atoms with Gasteiger partial charge in [0.05, 0.1) is 16.8 Å². The van der Waals surface area contributed by atoms with Gasteiger partial charge in [0.2, 0.25) is 0 Å². The molecule has 0 saturated heterocycles. The molecule has 1 aromatic carbocycles. The Morgan fingerprint density at radius 3 is 2.78 bits per heavy atom. The van der Waals surface area contributed by atoms with Crippen molar-refractivity contribution in [2.75, 3.05) is 6.54 Å². The molecule has 5 nitrogen and oxygen atoms in total. The van der Waals surface area contributed by atoms with Gasteiger partial charge in [-0.15, -0.1) is 21.5 Å². The van der Waals surface area contributed by atoms with E-state index in [0.29, 0.717) is 18.5 Å². The average molecular weight is 326 g/mol. The number of aryl methyl sites for hydroxylation is 3. The van der Waals surface area contributed by atoms with Crippen LogP contribution in [0.25, 0.3) is 10.9 Å². The molecular weight excluding hydrogens is 308 g/mol. The van der Waals surface area contributed by atoms with E-state index in [-0.39, 0.29) is 5.91 Å². The lowest BCUT2D eigenvalue weighted by molar-refractivity contribution is 0.0953. The number of rotatable bonds is 4. The average Bonchev–Trinajstić information content (AvgIpc) is 2.93. The van der Waals surface area contributed by atoms with Crippen LogP contribution in [0.1, 0.15) is 31.6 Å². The van der Waals surface area contributed by atoms with Gasteiger partial charge in [-0.1, -0.05) is 18.2 Å².